The lowest BCUT2D eigenvalue weighted by Crippen LogP contribution is -2.33. The van der Waals surface area contributed by atoms with Gasteiger partial charge in [-0.05, 0) is 30.0 Å². The van der Waals surface area contributed by atoms with E-state index >= 15 is 0 Å². The van der Waals surface area contributed by atoms with Crippen molar-refractivity contribution in [3.05, 3.63) is 84.0 Å². The highest BCUT2D eigenvalue weighted by atomic mass is 16.4. The van der Waals surface area contributed by atoms with Crippen LogP contribution < -0.4 is 10.6 Å². The fraction of sp³-hybridized carbons (Fsp3) is 0.367. The molecule has 0 aromatic heterocycles. The van der Waals surface area contributed by atoms with Gasteiger partial charge in [-0.25, -0.2) is 4.79 Å². The van der Waals surface area contributed by atoms with Gasteiger partial charge in [0.15, 0.2) is 0 Å². The van der Waals surface area contributed by atoms with E-state index in [2.05, 4.69) is 10.6 Å². The minimum atomic E-state index is -1.20. The highest BCUT2D eigenvalue weighted by Gasteiger charge is 2.16. The van der Waals surface area contributed by atoms with E-state index < -0.39 is 11.9 Å². The van der Waals surface area contributed by atoms with Crippen LogP contribution in [0.1, 0.15) is 75.3 Å². The second-order valence-corrected chi connectivity index (χ2v) is 9.24. The molecule has 1 aliphatic carbocycles. The first kappa shape index (κ1) is 26.9. The fourth-order valence-corrected chi connectivity index (χ4v) is 4.59. The summed E-state index contributed by atoms with van der Waals surface area (Å²) in [4.78, 5) is 36.3. The summed E-state index contributed by atoms with van der Waals surface area (Å²) in [6.07, 6.45) is 15.2. The van der Waals surface area contributed by atoms with Crippen LogP contribution in [-0.4, -0.2) is 28.9 Å². The molecular formula is C30H36N2O4. The average Bonchev–Trinajstić information content (AvgIpc) is 2.93. The van der Waals surface area contributed by atoms with Gasteiger partial charge in [0.2, 0.25) is 11.8 Å². The van der Waals surface area contributed by atoms with E-state index in [0.29, 0.717) is 16.8 Å². The number of carbonyl (C=O) groups excluding carboxylic acids is 2. The van der Waals surface area contributed by atoms with Crippen molar-refractivity contribution in [3.8, 4) is 0 Å². The van der Waals surface area contributed by atoms with Crippen molar-refractivity contribution in [2.75, 3.05) is 5.32 Å². The van der Waals surface area contributed by atoms with Gasteiger partial charge in [-0.15, -0.1) is 0 Å². The zero-order valence-electron chi connectivity index (χ0n) is 20.7. The van der Waals surface area contributed by atoms with Gasteiger partial charge in [-0.1, -0.05) is 99.9 Å². The lowest BCUT2D eigenvalue weighted by molar-refractivity contribution is -0.131. The van der Waals surface area contributed by atoms with E-state index in [1.54, 1.807) is 18.2 Å². The quantitative estimate of drug-likeness (QED) is 0.411. The van der Waals surface area contributed by atoms with Crippen LogP contribution in [0.3, 0.4) is 0 Å². The summed E-state index contributed by atoms with van der Waals surface area (Å²) < 4.78 is 0. The Morgan fingerprint density at radius 3 is 1.94 bits per heavy atom. The number of nitrogens with one attached hydrogen (secondary N) is 2. The van der Waals surface area contributed by atoms with Crippen LogP contribution in [0.2, 0.25) is 0 Å². The predicted molar refractivity (Wildman–Crippen MR) is 143 cm³/mol. The average molecular weight is 489 g/mol. The third kappa shape index (κ3) is 9.17. The van der Waals surface area contributed by atoms with Crippen LogP contribution in [0.15, 0.2) is 72.8 Å². The second-order valence-electron chi connectivity index (χ2n) is 9.24. The number of para-hydroxylation sites is 1. The Hall–Kier alpha value is -3.67. The van der Waals surface area contributed by atoms with Crippen LogP contribution in [0.4, 0.5) is 5.69 Å². The monoisotopic (exact) mass is 488 g/mol. The zero-order valence-corrected chi connectivity index (χ0v) is 20.7. The molecule has 0 heterocycles. The molecule has 6 nitrogen and oxygen atoms in total. The van der Waals surface area contributed by atoms with Crippen LogP contribution in [0.5, 0.6) is 0 Å². The van der Waals surface area contributed by atoms with Crippen LogP contribution >= 0.6 is 0 Å². The molecule has 36 heavy (non-hydrogen) atoms. The number of hydrogen-bond donors (Lipinski definition) is 3. The molecule has 0 atom stereocenters. The van der Waals surface area contributed by atoms with Crippen molar-refractivity contribution >= 4 is 29.0 Å². The van der Waals surface area contributed by atoms with Crippen molar-refractivity contribution in [2.24, 2.45) is 0 Å². The van der Waals surface area contributed by atoms with Gasteiger partial charge in [0, 0.05) is 35.5 Å². The molecule has 1 fully saturated rings. The van der Waals surface area contributed by atoms with Crippen molar-refractivity contribution in [2.45, 2.75) is 70.3 Å². The maximum atomic E-state index is 13.2. The lowest BCUT2D eigenvalue weighted by atomic mass is 9.95. The molecule has 6 heteroatoms. The summed E-state index contributed by atoms with van der Waals surface area (Å²) in [6, 6.07) is 16.9. The Bertz CT molecular complexity index is 1060. The maximum absolute atomic E-state index is 13.2. The number of carbonyl (C=O) groups is 3. The van der Waals surface area contributed by atoms with Gasteiger partial charge in [0.05, 0.1) is 0 Å². The topological polar surface area (TPSA) is 95.5 Å². The molecule has 1 aliphatic rings. The Labute approximate surface area is 213 Å². The fourth-order valence-electron chi connectivity index (χ4n) is 4.59. The van der Waals surface area contributed by atoms with Gasteiger partial charge in [-0.2, -0.15) is 0 Å². The summed E-state index contributed by atoms with van der Waals surface area (Å²) >= 11 is 0. The van der Waals surface area contributed by atoms with Gasteiger partial charge >= 0.3 is 5.97 Å². The highest BCUT2D eigenvalue weighted by Crippen LogP contribution is 2.30. The number of aliphatic carboxylic acids is 1. The summed E-state index contributed by atoms with van der Waals surface area (Å²) in [6.45, 7) is 0. The predicted octanol–water partition coefficient (Wildman–Crippen LogP) is 6.10. The molecule has 2 amide bonds. The summed E-state index contributed by atoms with van der Waals surface area (Å²) in [5.41, 5.74) is 2.70. The van der Waals surface area contributed by atoms with E-state index in [1.807, 2.05) is 42.5 Å². The van der Waals surface area contributed by atoms with Crippen LogP contribution in [0.25, 0.3) is 5.57 Å². The summed E-state index contributed by atoms with van der Waals surface area (Å²) in [7, 11) is 0. The van der Waals surface area contributed by atoms with Gasteiger partial charge in [0.25, 0.3) is 0 Å². The second kappa shape index (κ2) is 14.7. The molecule has 0 radical (unpaired) electrons. The van der Waals surface area contributed by atoms with E-state index in [9.17, 15) is 14.4 Å². The SMILES string of the molecule is O=C(O)C=CC(=O)Nc1ccccc1C(=CC(=O)NC1CCCCCCCCCC1)c1ccccc1. The van der Waals surface area contributed by atoms with Crippen molar-refractivity contribution in [1.29, 1.82) is 0 Å². The number of hydrogen-bond acceptors (Lipinski definition) is 3. The summed E-state index contributed by atoms with van der Waals surface area (Å²) in [5, 5.41) is 14.8. The van der Waals surface area contributed by atoms with Crippen LogP contribution in [-0.2, 0) is 14.4 Å². The smallest absolute Gasteiger partial charge is 0.328 e. The summed E-state index contributed by atoms with van der Waals surface area (Å²) in [5.74, 6) is -1.91. The molecule has 2 aromatic carbocycles. The molecule has 3 rings (SSSR count). The Morgan fingerprint density at radius 1 is 0.722 bits per heavy atom. The van der Waals surface area contributed by atoms with Crippen molar-refractivity contribution in [3.63, 3.8) is 0 Å². The molecule has 0 spiro atoms. The maximum Gasteiger partial charge on any atom is 0.328 e. The largest absolute Gasteiger partial charge is 0.478 e. The minimum Gasteiger partial charge on any atom is -0.478 e. The van der Waals surface area contributed by atoms with E-state index in [0.717, 1.165) is 43.4 Å². The van der Waals surface area contributed by atoms with E-state index in [1.165, 1.54) is 38.5 Å². The molecule has 190 valence electrons. The third-order valence-corrected chi connectivity index (χ3v) is 6.41. The number of amides is 2. The highest BCUT2D eigenvalue weighted by molar-refractivity contribution is 6.06. The van der Waals surface area contributed by atoms with Gasteiger partial charge in [0.1, 0.15) is 0 Å². The Balaban J connectivity index is 1.85. The number of carboxylic acid groups (broad SMARTS) is 1. The van der Waals surface area contributed by atoms with E-state index in [4.69, 9.17) is 5.11 Å². The molecule has 2 aromatic rings. The molecule has 0 bridgehead atoms. The molecular weight excluding hydrogens is 452 g/mol. The van der Waals surface area contributed by atoms with Gasteiger partial charge in [-0.3, -0.25) is 9.59 Å². The number of anilines is 1. The zero-order chi connectivity index (χ0) is 25.6. The number of carboxylic acids is 1. The molecule has 0 unspecified atom stereocenters. The van der Waals surface area contributed by atoms with Crippen molar-refractivity contribution in [1.82, 2.24) is 5.32 Å². The molecule has 0 saturated heterocycles. The Kier molecular flexibility index (Phi) is 11.0. The van der Waals surface area contributed by atoms with Gasteiger partial charge < -0.3 is 15.7 Å². The number of benzene rings is 2. The molecule has 1 saturated carbocycles. The Morgan fingerprint density at radius 2 is 1.31 bits per heavy atom. The normalized spacial score (nSPS) is 16.2. The third-order valence-electron chi connectivity index (χ3n) is 6.41. The molecule has 0 aliphatic heterocycles. The lowest BCUT2D eigenvalue weighted by Gasteiger charge is -2.19. The standard InChI is InChI=1S/C30H36N2O4/c33-28(20-21-30(35)36)32-27-19-13-12-18-25(27)26(23-14-8-7-9-15-23)22-29(34)31-24-16-10-5-3-1-2-4-6-11-17-24/h7-9,12-15,18-22,24H,1-6,10-11,16-17H2,(H,31,34)(H,32,33)(H,35,36). The molecule has 3 N–H and O–H groups in total. The minimum absolute atomic E-state index is 0.152. The van der Waals surface area contributed by atoms with E-state index in [-0.39, 0.29) is 11.9 Å². The van der Waals surface area contributed by atoms with Crippen LogP contribution in [0, 0.1) is 0 Å². The number of rotatable bonds is 7. The first-order valence-corrected chi connectivity index (χ1v) is 12.9. The van der Waals surface area contributed by atoms with Crippen molar-refractivity contribution < 1.29 is 19.5 Å². The first-order chi connectivity index (χ1) is 17.5. The first-order valence-electron chi connectivity index (χ1n) is 12.9.